The summed E-state index contributed by atoms with van der Waals surface area (Å²) in [6.07, 6.45) is 1.58. The molecule has 0 saturated carbocycles. The summed E-state index contributed by atoms with van der Waals surface area (Å²) >= 11 is 0. The lowest BCUT2D eigenvalue weighted by atomic mass is 10.1. The summed E-state index contributed by atoms with van der Waals surface area (Å²) in [4.78, 5) is 0. The van der Waals surface area contributed by atoms with Crippen molar-refractivity contribution in [1.29, 1.82) is 0 Å². The highest BCUT2D eigenvalue weighted by molar-refractivity contribution is 5.18. The van der Waals surface area contributed by atoms with E-state index in [9.17, 15) is 0 Å². The maximum Gasteiger partial charge on any atom is 0.169 e. The van der Waals surface area contributed by atoms with Gasteiger partial charge < -0.3 is 20.1 Å². The number of rotatable bonds is 12. The molecule has 148 valence electrons. The van der Waals surface area contributed by atoms with Gasteiger partial charge in [-0.15, -0.1) is 0 Å². The topological polar surface area (TPSA) is 42.5 Å². The molecule has 0 saturated heterocycles. The van der Waals surface area contributed by atoms with Crippen molar-refractivity contribution in [1.82, 2.24) is 10.6 Å². The largest absolute Gasteiger partial charge is 0.353 e. The molecule has 2 rings (SSSR count). The summed E-state index contributed by atoms with van der Waals surface area (Å²) in [6.45, 7) is 6.01. The number of benzene rings is 2. The molecule has 2 N–H and O–H groups in total. The maximum absolute atomic E-state index is 5.76. The molecule has 0 amide bonds. The van der Waals surface area contributed by atoms with Crippen LogP contribution >= 0.6 is 0 Å². The summed E-state index contributed by atoms with van der Waals surface area (Å²) in [7, 11) is 3.45. The first kappa shape index (κ1) is 21.6. The van der Waals surface area contributed by atoms with Crippen LogP contribution in [-0.4, -0.2) is 33.1 Å². The van der Waals surface area contributed by atoms with Crippen molar-refractivity contribution in [2.75, 3.05) is 27.3 Å². The lowest BCUT2D eigenvalue weighted by Gasteiger charge is -2.32. The molecule has 0 aliphatic heterocycles. The molecule has 0 spiro atoms. The molecule has 0 unspecified atom stereocenters. The Bertz CT molecular complexity index is 576. The van der Waals surface area contributed by atoms with Crippen molar-refractivity contribution < 1.29 is 9.47 Å². The van der Waals surface area contributed by atoms with Gasteiger partial charge in [0.25, 0.3) is 0 Å². The average molecular weight is 371 g/mol. The zero-order valence-corrected chi connectivity index (χ0v) is 17.1. The van der Waals surface area contributed by atoms with Gasteiger partial charge in [-0.05, 0) is 25.0 Å². The molecule has 2 aromatic carbocycles. The van der Waals surface area contributed by atoms with Crippen molar-refractivity contribution in [3.63, 3.8) is 0 Å². The van der Waals surface area contributed by atoms with Crippen molar-refractivity contribution in [2.45, 2.75) is 44.6 Å². The van der Waals surface area contributed by atoms with Gasteiger partial charge >= 0.3 is 0 Å². The quantitative estimate of drug-likeness (QED) is 0.542. The van der Waals surface area contributed by atoms with E-state index in [4.69, 9.17) is 9.47 Å². The lowest BCUT2D eigenvalue weighted by molar-refractivity contribution is -0.213. The minimum Gasteiger partial charge on any atom is -0.353 e. The molecule has 2 aromatic rings. The molecule has 0 fully saturated rings. The highest BCUT2D eigenvalue weighted by atomic mass is 16.7. The molecule has 0 aromatic heterocycles. The van der Waals surface area contributed by atoms with Crippen LogP contribution in [0, 0.1) is 0 Å². The summed E-state index contributed by atoms with van der Waals surface area (Å²) in [5.41, 5.74) is 2.58. The summed E-state index contributed by atoms with van der Waals surface area (Å²) in [6, 6.07) is 21.5. The fourth-order valence-electron chi connectivity index (χ4n) is 3.29. The first-order valence-corrected chi connectivity index (χ1v) is 9.77. The molecule has 4 nitrogen and oxygen atoms in total. The second-order valence-electron chi connectivity index (χ2n) is 6.99. The Labute approximate surface area is 164 Å². The molecule has 0 aliphatic rings. The van der Waals surface area contributed by atoms with Gasteiger partial charge in [0, 0.05) is 52.2 Å². The van der Waals surface area contributed by atoms with Crippen molar-refractivity contribution in [3.05, 3.63) is 71.8 Å². The number of nitrogens with one attached hydrogen (secondary N) is 2. The van der Waals surface area contributed by atoms with E-state index in [1.54, 1.807) is 14.2 Å². The van der Waals surface area contributed by atoms with E-state index in [0.29, 0.717) is 12.1 Å². The van der Waals surface area contributed by atoms with E-state index in [-0.39, 0.29) is 0 Å². The molecule has 0 bridgehead atoms. The van der Waals surface area contributed by atoms with Gasteiger partial charge in [0.15, 0.2) is 5.79 Å². The van der Waals surface area contributed by atoms with Gasteiger partial charge in [0.2, 0.25) is 0 Å². The second kappa shape index (κ2) is 11.2. The Kier molecular flexibility index (Phi) is 8.95. The predicted octanol–water partition coefficient (Wildman–Crippen LogP) is 4.46. The Morgan fingerprint density at radius 1 is 0.704 bits per heavy atom. The normalized spacial score (nSPS) is 14.1. The van der Waals surface area contributed by atoms with Crippen molar-refractivity contribution >= 4 is 0 Å². The maximum atomic E-state index is 5.76. The number of methoxy groups -OCH3 is 2. The number of hydrogen-bond acceptors (Lipinski definition) is 4. The van der Waals surface area contributed by atoms with Gasteiger partial charge in [-0.3, -0.25) is 0 Å². The highest BCUT2D eigenvalue weighted by Gasteiger charge is 2.29. The van der Waals surface area contributed by atoms with Crippen LogP contribution in [0.2, 0.25) is 0 Å². The van der Waals surface area contributed by atoms with E-state index in [1.165, 1.54) is 11.1 Å². The average Bonchev–Trinajstić information content (AvgIpc) is 2.73. The smallest absolute Gasteiger partial charge is 0.169 e. The third-order valence-corrected chi connectivity index (χ3v) is 5.26. The first-order valence-electron chi connectivity index (χ1n) is 9.77. The van der Waals surface area contributed by atoms with Crippen LogP contribution in [0.4, 0.5) is 0 Å². The molecule has 0 aliphatic carbocycles. The molecule has 27 heavy (non-hydrogen) atoms. The van der Waals surface area contributed by atoms with E-state index < -0.39 is 5.79 Å². The Morgan fingerprint density at radius 3 is 1.41 bits per heavy atom. The summed E-state index contributed by atoms with van der Waals surface area (Å²) in [5.74, 6) is -0.577. The molecule has 4 heteroatoms. The van der Waals surface area contributed by atoms with E-state index in [1.807, 2.05) is 12.1 Å². The molecule has 0 radical (unpaired) electrons. The minimum absolute atomic E-state index is 0.300. The Hall–Kier alpha value is -1.72. The monoisotopic (exact) mass is 370 g/mol. The lowest BCUT2D eigenvalue weighted by Crippen LogP contribution is -2.40. The number of ether oxygens (including phenoxy) is 2. The fraction of sp³-hybridized carbons (Fsp3) is 0.478. The van der Waals surface area contributed by atoms with E-state index >= 15 is 0 Å². The fourth-order valence-corrected chi connectivity index (χ4v) is 3.29. The van der Waals surface area contributed by atoms with Crippen molar-refractivity contribution in [2.24, 2.45) is 0 Å². The van der Waals surface area contributed by atoms with Crippen molar-refractivity contribution in [3.8, 4) is 0 Å². The third kappa shape index (κ3) is 6.74. The first-order chi connectivity index (χ1) is 13.1. The van der Waals surface area contributed by atoms with Gasteiger partial charge in [-0.1, -0.05) is 60.7 Å². The molecule has 0 heterocycles. The third-order valence-electron chi connectivity index (χ3n) is 5.26. The number of hydrogen-bond donors (Lipinski definition) is 2. The van der Waals surface area contributed by atoms with E-state index in [0.717, 1.165) is 25.9 Å². The van der Waals surface area contributed by atoms with Crippen LogP contribution < -0.4 is 10.6 Å². The van der Waals surface area contributed by atoms with Crippen LogP contribution in [0.25, 0.3) is 0 Å². The Morgan fingerprint density at radius 2 is 1.07 bits per heavy atom. The van der Waals surface area contributed by atoms with E-state index in [2.05, 4.69) is 73.0 Å². The predicted molar refractivity (Wildman–Crippen MR) is 112 cm³/mol. The molecular formula is C23H34N2O2. The minimum atomic E-state index is -0.577. The Balaban J connectivity index is 1.79. The SMILES string of the molecule is COC(CCN[C@H](C)c1ccccc1)(CCN[C@H](C)c1ccccc1)OC. The van der Waals surface area contributed by atoms with Crippen LogP contribution in [-0.2, 0) is 9.47 Å². The zero-order valence-electron chi connectivity index (χ0n) is 17.1. The summed E-state index contributed by atoms with van der Waals surface area (Å²) in [5, 5.41) is 7.13. The van der Waals surface area contributed by atoms with Crippen LogP contribution in [0.5, 0.6) is 0 Å². The standard InChI is InChI=1S/C23H34N2O2/c1-19(21-11-7-5-8-12-21)24-17-15-23(26-3,27-4)16-18-25-20(2)22-13-9-6-10-14-22/h5-14,19-20,24-25H,15-18H2,1-4H3/t19-,20-/m1/s1. The zero-order chi connectivity index (χ0) is 19.5. The van der Waals surface area contributed by atoms with Gasteiger partial charge in [0.1, 0.15) is 0 Å². The van der Waals surface area contributed by atoms with Gasteiger partial charge in [-0.25, -0.2) is 0 Å². The van der Waals surface area contributed by atoms with Gasteiger partial charge in [-0.2, -0.15) is 0 Å². The molecular weight excluding hydrogens is 336 g/mol. The van der Waals surface area contributed by atoms with Crippen LogP contribution in [0.3, 0.4) is 0 Å². The van der Waals surface area contributed by atoms with Gasteiger partial charge in [0.05, 0.1) is 0 Å². The highest BCUT2D eigenvalue weighted by Crippen LogP contribution is 2.22. The van der Waals surface area contributed by atoms with Crippen LogP contribution in [0.15, 0.2) is 60.7 Å². The summed E-state index contributed by atoms with van der Waals surface area (Å²) < 4.78 is 11.5. The van der Waals surface area contributed by atoms with Crippen LogP contribution in [0.1, 0.15) is 49.9 Å². The second-order valence-corrected chi connectivity index (χ2v) is 6.99. The molecule has 2 atom stereocenters.